The summed E-state index contributed by atoms with van der Waals surface area (Å²) in [6, 6.07) is -0.902. The topological polar surface area (TPSA) is 96.4 Å². The summed E-state index contributed by atoms with van der Waals surface area (Å²) < 4.78 is 12.3. The number of fused-ring (bicyclic) bond motifs is 1. The van der Waals surface area contributed by atoms with E-state index in [-0.39, 0.29) is 42.9 Å². The maximum atomic E-state index is 14.6. The number of nitrogens with zero attached hydrogens (tertiary/aromatic N) is 2. The fraction of sp³-hybridized carbons (Fsp3) is 0.767. The second-order valence-corrected chi connectivity index (χ2v) is 13.3. The molecule has 1 N–H and O–H groups in total. The van der Waals surface area contributed by atoms with Crippen molar-refractivity contribution in [2.45, 2.75) is 96.9 Å². The molecule has 2 bridgehead atoms. The number of hydrogen-bond donors (Lipinski definition) is 1. The molecule has 1 spiro atoms. The van der Waals surface area contributed by atoms with Crippen molar-refractivity contribution in [1.29, 1.82) is 0 Å². The lowest BCUT2D eigenvalue weighted by Crippen LogP contribution is -2.61. The van der Waals surface area contributed by atoms with E-state index in [1.807, 2.05) is 32.6 Å². The van der Waals surface area contributed by atoms with E-state index in [1.54, 1.807) is 17.1 Å². The average Bonchev–Trinajstić information content (AvgIpc) is 3.30. The first-order valence-corrected chi connectivity index (χ1v) is 13.9. The van der Waals surface area contributed by atoms with E-state index < -0.39 is 40.6 Å². The van der Waals surface area contributed by atoms with E-state index in [9.17, 15) is 19.5 Å². The number of esters is 1. The van der Waals surface area contributed by atoms with Gasteiger partial charge in [-0.3, -0.25) is 14.4 Å². The normalized spacial score (nSPS) is 32.3. The molecule has 3 fully saturated rings. The molecular formula is C30H48N2O6. The van der Waals surface area contributed by atoms with Crippen LogP contribution >= 0.6 is 0 Å². The first kappa shape index (κ1) is 30.4. The summed E-state index contributed by atoms with van der Waals surface area (Å²) in [6.45, 7) is 22.6. The zero-order valence-corrected chi connectivity index (χ0v) is 24.4. The quantitative estimate of drug-likeness (QED) is 0.234. The molecule has 0 aromatic carbocycles. The van der Waals surface area contributed by atoms with Gasteiger partial charge < -0.3 is 24.4 Å². The third kappa shape index (κ3) is 5.06. The summed E-state index contributed by atoms with van der Waals surface area (Å²) in [5.41, 5.74) is -2.63. The molecule has 38 heavy (non-hydrogen) atoms. The lowest BCUT2D eigenvalue weighted by atomic mass is 9.62. The maximum absolute atomic E-state index is 14.6. The predicted octanol–water partition coefficient (Wildman–Crippen LogP) is 3.73. The molecule has 3 heterocycles. The van der Waals surface area contributed by atoms with Crippen molar-refractivity contribution in [3.63, 3.8) is 0 Å². The first-order chi connectivity index (χ1) is 17.6. The van der Waals surface area contributed by atoms with Gasteiger partial charge in [-0.25, -0.2) is 0 Å². The van der Waals surface area contributed by atoms with Crippen LogP contribution in [-0.2, 0) is 23.9 Å². The minimum Gasteiger partial charge on any atom is -0.465 e. The first-order valence-electron chi connectivity index (χ1n) is 13.9. The molecule has 3 unspecified atom stereocenters. The van der Waals surface area contributed by atoms with Crippen LogP contribution in [0.5, 0.6) is 0 Å². The Hall–Kier alpha value is -2.19. The largest absolute Gasteiger partial charge is 0.465 e. The van der Waals surface area contributed by atoms with Crippen LogP contribution < -0.4 is 0 Å². The Morgan fingerprint density at radius 1 is 1.24 bits per heavy atom. The molecule has 0 aromatic heterocycles. The maximum Gasteiger partial charge on any atom is 0.312 e. The van der Waals surface area contributed by atoms with Crippen molar-refractivity contribution in [2.24, 2.45) is 23.2 Å². The van der Waals surface area contributed by atoms with Crippen LogP contribution in [-0.4, -0.2) is 81.8 Å². The number of aliphatic hydroxyl groups excluding tert-OH is 1. The molecule has 6 atom stereocenters. The van der Waals surface area contributed by atoms with Gasteiger partial charge in [0, 0.05) is 25.2 Å². The Bertz CT molecular complexity index is 955. The van der Waals surface area contributed by atoms with Gasteiger partial charge in [-0.15, -0.1) is 13.2 Å². The molecule has 8 heteroatoms. The number of rotatable bonds is 12. The van der Waals surface area contributed by atoms with Crippen molar-refractivity contribution in [2.75, 3.05) is 26.3 Å². The van der Waals surface area contributed by atoms with Gasteiger partial charge in [0.05, 0.1) is 18.1 Å². The highest BCUT2D eigenvalue weighted by molar-refractivity contribution is 5.98. The summed E-state index contributed by atoms with van der Waals surface area (Å²) in [4.78, 5) is 45.5. The van der Waals surface area contributed by atoms with Gasteiger partial charge >= 0.3 is 5.97 Å². The van der Waals surface area contributed by atoms with Gasteiger partial charge in [0.2, 0.25) is 11.8 Å². The Labute approximate surface area is 228 Å². The number of likely N-dealkylation sites (tertiary alicyclic amines) is 1. The Morgan fingerprint density at radius 3 is 2.45 bits per heavy atom. The minimum atomic E-state index is -1.14. The van der Waals surface area contributed by atoms with Crippen LogP contribution in [0.2, 0.25) is 0 Å². The number of carbonyl (C=O) groups excluding carboxylic acids is 3. The SMILES string of the molecule is C=CCCOC(=O)[C@H]1[C@H]2C(=O)N(CCCO)C(C(=O)N(CC=C)C(C)(C)CC(C)(C)C)C23CC(C)[C@]1(C)O3. The Morgan fingerprint density at radius 2 is 1.89 bits per heavy atom. The molecule has 214 valence electrons. The monoisotopic (exact) mass is 532 g/mol. The second-order valence-electron chi connectivity index (χ2n) is 13.3. The lowest BCUT2D eigenvalue weighted by molar-refractivity contribution is -0.163. The van der Waals surface area contributed by atoms with Crippen molar-refractivity contribution >= 4 is 17.8 Å². The van der Waals surface area contributed by atoms with E-state index in [1.165, 1.54) is 0 Å². The summed E-state index contributed by atoms with van der Waals surface area (Å²) in [5.74, 6) is -2.63. The highest BCUT2D eigenvalue weighted by Crippen LogP contribution is 2.65. The van der Waals surface area contributed by atoms with Gasteiger partial charge in [0.15, 0.2) is 0 Å². The standard InChI is InChI=1S/C30H48N2O6/c1-10-12-17-37-26(36)22-21-24(34)31(15-13-16-33)23(30(21)18-20(3)29(22,9)38-30)25(35)32(14-11-2)28(7,8)19-27(4,5)6/h10-11,20-23,33H,1-2,12-19H2,3-9H3/t20?,21-,22+,23?,29-,30?/m0/s1. The molecule has 2 amide bonds. The molecule has 0 radical (unpaired) electrons. The van der Waals surface area contributed by atoms with Crippen LogP contribution in [0.1, 0.15) is 74.1 Å². The number of amides is 2. The van der Waals surface area contributed by atoms with Crippen molar-refractivity contribution in [1.82, 2.24) is 9.80 Å². The summed E-state index contributed by atoms with van der Waals surface area (Å²) in [7, 11) is 0. The third-order valence-electron chi connectivity index (χ3n) is 8.70. The second kappa shape index (κ2) is 10.8. The van der Waals surface area contributed by atoms with Crippen molar-refractivity contribution in [3.8, 4) is 0 Å². The van der Waals surface area contributed by atoms with Gasteiger partial charge in [0.1, 0.15) is 17.6 Å². The smallest absolute Gasteiger partial charge is 0.312 e. The van der Waals surface area contributed by atoms with Gasteiger partial charge in [-0.05, 0) is 57.8 Å². The molecule has 3 aliphatic heterocycles. The lowest BCUT2D eigenvalue weighted by Gasteiger charge is -2.45. The fourth-order valence-electron chi connectivity index (χ4n) is 7.50. The van der Waals surface area contributed by atoms with Crippen molar-refractivity contribution in [3.05, 3.63) is 25.3 Å². The van der Waals surface area contributed by atoms with E-state index >= 15 is 0 Å². The molecule has 3 rings (SSSR count). The number of hydrogen-bond acceptors (Lipinski definition) is 6. The zero-order valence-electron chi connectivity index (χ0n) is 24.4. The predicted molar refractivity (Wildman–Crippen MR) is 146 cm³/mol. The summed E-state index contributed by atoms with van der Waals surface area (Å²) >= 11 is 0. The molecule has 0 aromatic rings. The van der Waals surface area contributed by atoms with Crippen LogP contribution in [0.4, 0.5) is 0 Å². The van der Waals surface area contributed by atoms with E-state index in [4.69, 9.17) is 9.47 Å². The van der Waals surface area contributed by atoms with E-state index in [2.05, 4.69) is 33.9 Å². The molecule has 3 aliphatic rings. The average molecular weight is 533 g/mol. The van der Waals surface area contributed by atoms with Crippen LogP contribution in [0.15, 0.2) is 25.3 Å². The van der Waals surface area contributed by atoms with Gasteiger partial charge in [0.25, 0.3) is 0 Å². The highest BCUT2D eigenvalue weighted by atomic mass is 16.6. The number of aliphatic hydroxyl groups is 1. The van der Waals surface area contributed by atoms with Gasteiger partial charge in [-0.1, -0.05) is 39.8 Å². The third-order valence-corrected chi connectivity index (χ3v) is 8.70. The molecule has 8 nitrogen and oxygen atoms in total. The van der Waals surface area contributed by atoms with Crippen molar-refractivity contribution < 1.29 is 29.0 Å². The van der Waals surface area contributed by atoms with Crippen LogP contribution in [0.25, 0.3) is 0 Å². The minimum absolute atomic E-state index is 0.0450. The molecular weight excluding hydrogens is 484 g/mol. The number of ether oxygens (including phenoxy) is 2. The summed E-state index contributed by atoms with van der Waals surface area (Å²) in [6.07, 6.45) is 5.45. The van der Waals surface area contributed by atoms with E-state index in [0.717, 1.165) is 6.42 Å². The highest BCUT2D eigenvalue weighted by Gasteiger charge is 2.80. The number of carbonyl (C=O) groups is 3. The fourth-order valence-corrected chi connectivity index (χ4v) is 7.50. The molecule has 0 aliphatic carbocycles. The zero-order chi connectivity index (χ0) is 28.7. The molecule has 3 saturated heterocycles. The molecule has 0 saturated carbocycles. The van der Waals surface area contributed by atoms with E-state index in [0.29, 0.717) is 25.8 Å². The Kier molecular flexibility index (Phi) is 8.60. The van der Waals surface area contributed by atoms with Gasteiger partial charge in [-0.2, -0.15) is 0 Å². The Balaban J connectivity index is 2.10. The van der Waals surface area contributed by atoms with Crippen LogP contribution in [0, 0.1) is 23.2 Å². The summed E-state index contributed by atoms with van der Waals surface area (Å²) in [5, 5.41) is 9.60. The van der Waals surface area contributed by atoms with Crippen LogP contribution in [0.3, 0.4) is 0 Å².